The molecule has 3 fully saturated rings. The van der Waals surface area contributed by atoms with Crippen molar-refractivity contribution in [1.82, 2.24) is 0 Å². The van der Waals surface area contributed by atoms with Crippen LogP contribution in [0.5, 0.6) is 0 Å². The van der Waals surface area contributed by atoms with Crippen LogP contribution < -0.4 is 5.73 Å². The Balaban J connectivity index is 1.77. The van der Waals surface area contributed by atoms with Gasteiger partial charge >= 0.3 is 0 Å². The second-order valence-electron chi connectivity index (χ2n) is 5.76. The third-order valence-corrected chi connectivity index (χ3v) is 4.76. The third-order valence-electron chi connectivity index (χ3n) is 4.76. The molecule has 0 bridgehead atoms. The fraction of sp³-hybridized carbons (Fsp3) is 0.923. The zero-order valence-electron chi connectivity index (χ0n) is 9.04. The maximum absolute atomic E-state index is 6.51. The van der Waals surface area contributed by atoms with Gasteiger partial charge in [0, 0.05) is 6.04 Å². The minimum absolute atomic E-state index is 0.534. The van der Waals surface area contributed by atoms with E-state index < -0.39 is 0 Å². The number of hydrogen-bond donors (Lipinski definition) is 1. The maximum atomic E-state index is 6.51. The van der Waals surface area contributed by atoms with Gasteiger partial charge in [-0.2, -0.15) is 0 Å². The highest BCUT2D eigenvalue weighted by Crippen LogP contribution is 2.58. The van der Waals surface area contributed by atoms with Crippen molar-refractivity contribution in [3.63, 3.8) is 0 Å². The van der Waals surface area contributed by atoms with E-state index in [1.54, 1.807) is 0 Å². The molecule has 0 spiro atoms. The molecule has 0 aromatic rings. The quantitative estimate of drug-likeness (QED) is 0.731. The molecule has 0 saturated heterocycles. The van der Waals surface area contributed by atoms with Crippen molar-refractivity contribution in [2.75, 3.05) is 0 Å². The molecule has 0 heterocycles. The van der Waals surface area contributed by atoms with E-state index in [9.17, 15) is 0 Å². The maximum Gasteiger partial charge on any atom is 0.0127 e. The van der Waals surface area contributed by atoms with E-state index in [4.69, 9.17) is 5.73 Å². The zero-order valence-corrected chi connectivity index (χ0v) is 9.04. The van der Waals surface area contributed by atoms with Gasteiger partial charge in [0.1, 0.15) is 0 Å². The molecule has 2 atom stereocenters. The van der Waals surface area contributed by atoms with Crippen LogP contribution in [0.1, 0.15) is 51.4 Å². The summed E-state index contributed by atoms with van der Waals surface area (Å²) in [4.78, 5) is 0. The highest BCUT2D eigenvalue weighted by atomic mass is 14.8. The monoisotopic (exact) mass is 192 g/mol. The van der Waals surface area contributed by atoms with E-state index in [-0.39, 0.29) is 0 Å². The van der Waals surface area contributed by atoms with Crippen molar-refractivity contribution in [2.45, 2.75) is 57.4 Å². The van der Waals surface area contributed by atoms with Crippen LogP contribution in [0.3, 0.4) is 0 Å². The van der Waals surface area contributed by atoms with Crippen molar-refractivity contribution < 1.29 is 0 Å². The lowest BCUT2D eigenvalue weighted by atomic mass is 9.64. The van der Waals surface area contributed by atoms with Gasteiger partial charge in [-0.3, -0.25) is 0 Å². The van der Waals surface area contributed by atoms with Crippen molar-refractivity contribution >= 4 is 0 Å². The molecule has 1 heteroatoms. The molecule has 3 aliphatic rings. The fourth-order valence-corrected chi connectivity index (χ4v) is 3.58. The summed E-state index contributed by atoms with van der Waals surface area (Å²) in [5, 5.41) is 0. The Labute approximate surface area is 87.4 Å². The van der Waals surface area contributed by atoms with Gasteiger partial charge in [0.2, 0.25) is 0 Å². The smallest absolute Gasteiger partial charge is 0.0127 e. The van der Waals surface area contributed by atoms with Gasteiger partial charge in [-0.25, -0.2) is 0 Å². The second kappa shape index (κ2) is 3.23. The predicted octanol–water partition coefficient (Wildman–Crippen LogP) is 2.90. The molecular weight excluding hydrogens is 170 g/mol. The van der Waals surface area contributed by atoms with Gasteiger partial charge in [0.05, 0.1) is 0 Å². The molecule has 3 aliphatic carbocycles. The largest absolute Gasteiger partial charge is 0.327 e. The molecule has 3 saturated carbocycles. The van der Waals surface area contributed by atoms with Crippen LogP contribution in [0.4, 0.5) is 0 Å². The van der Waals surface area contributed by atoms with E-state index in [1.807, 2.05) is 0 Å². The van der Waals surface area contributed by atoms with E-state index >= 15 is 0 Å². The van der Waals surface area contributed by atoms with Crippen molar-refractivity contribution in [1.29, 1.82) is 0 Å². The standard InChI is InChI=1S/C13H22N/c14-12(10-4-5-10)13(11-6-7-11)8-2-1-3-9-13/h2,10-12H,1,3-9,14H2. The summed E-state index contributed by atoms with van der Waals surface area (Å²) in [6.45, 7) is 0. The van der Waals surface area contributed by atoms with Gasteiger partial charge in [-0.1, -0.05) is 12.8 Å². The zero-order chi connectivity index (χ0) is 9.60. The van der Waals surface area contributed by atoms with Crippen molar-refractivity contribution in [2.24, 2.45) is 23.0 Å². The molecule has 14 heavy (non-hydrogen) atoms. The summed E-state index contributed by atoms with van der Waals surface area (Å²) in [6, 6.07) is 0.534. The third kappa shape index (κ3) is 1.41. The van der Waals surface area contributed by atoms with Gasteiger partial charge in [0.15, 0.2) is 0 Å². The summed E-state index contributed by atoms with van der Waals surface area (Å²) in [5.74, 6) is 1.89. The minimum atomic E-state index is 0.534. The molecule has 0 aromatic carbocycles. The Bertz CT molecular complexity index is 209. The molecule has 3 rings (SSSR count). The Morgan fingerprint density at radius 2 is 2.00 bits per heavy atom. The normalized spacial score (nSPS) is 34.1. The fourth-order valence-electron chi connectivity index (χ4n) is 3.58. The molecule has 1 nitrogen and oxygen atoms in total. The van der Waals surface area contributed by atoms with Crippen LogP contribution in [0.25, 0.3) is 0 Å². The van der Waals surface area contributed by atoms with Gasteiger partial charge in [-0.15, -0.1) is 0 Å². The molecule has 2 unspecified atom stereocenters. The minimum Gasteiger partial charge on any atom is -0.327 e. The second-order valence-corrected chi connectivity index (χ2v) is 5.76. The van der Waals surface area contributed by atoms with Crippen LogP contribution in [0.2, 0.25) is 0 Å². The Morgan fingerprint density at radius 3 is 2.50 bits per heavy atom. The van der Waals surface area contributed by atoms with Crippen LogP contribution in [-0.2, 0) is 0 Å². The van der Waals surface area contributed by atoms with Gasteiger partial charge in [0.25, 0.3) is 0 Å². The first-order valence-electron chi connectivity index (χ1n) is 6.40. The number of rotatable bonds is 3. The summed E-state index contributed by atoms with van der Waals surface area (Å²) >= 11 is 0. The van der Waals surface area contributed by atoms with Crippen molar-refractivity contribution in [3.8, 4) is 0 Å². The first-order chi connectivity index (χ1) is 6.83. The topological polar surface area (TPSA) is 26.0 Å². The van der Waals surface area contributed by atoms with E-state index in [0.29, 0.717) is 11.5 Å². The average molecular weight is 192 g/mol. The molecule has 1 radical (unpaired) electrons. The highest BCUT2D eigenvalue weighted by molar-refractivity contribution is 5.08. The van der Waals surface area contributed by atoms with E-state index in [1.165, 1.54) is 51.4 Å². The summed E-state index contributed by atoms with van der Waals surface area (Å²) in [6.07, 6.45) is 13.8. The first kappa shape index (κ1) is 9.21. The number of nitrogens with two attached hydrogens (primary N) is 1. The summed E-state index contributed by atoms with van der Waals surface area (Å²) < 4.78 is 0. The first-order valence-corrected chi connectivity index (χ1v) is 6.40. The lowest BCUT2D eigenvalue weighted by Crippen LogP contribution is -2.46. The molecule has 0 aromatic heterocycles. The lowest BCUT2D eigenvalue weighted by molar-refractivity contribution is 0.124. The van der Waals surface area contributed by atoms with E-state index in [0.717, 1.165) is 11.8 Å². The number of hydrogen-bond acceptors (Lipinski definition) is 1. The van der Waals surface area contributed by atoms with Crippen LogP contribution in [0, 0.1) is 23.7 Å². The molecule has 79 valence electrons. The molecular formula is C13H22N. The Kier molecular flexibility index (Phi) is 2.12. The van der Waals surface area contributed by atoms with Crippen molar-refractivity contribution in [3.05, 3.63) is 6.42 Å². The van der Waals surface area contributed by atoms with Crippen LogP contribution in [0.15, 0.2) is 0 Å². The SMILES string of the molecule is NC(C1CC1)C1(C2CC2)C[CH]CCC1. The highest BCUT2D eigenvalue weighted by Gasteiger charge is 2.52. The van der Waals surface area contributed by atoms with Gasteiger partial charge < -0.3 is 5.73 Å². The Hall–Kier alpha value is -0.0400. The Morgan fingerprint density at radius 1 is 1.21 bits per heavy atom. The van der Waals surface area contributed by atoms with E-state index in [2.05, 4.69) is 6.42 Å². The van der Waals surface area contributed by atoms with Crippen LogP contribution >= 0.6 is 0 Å². The van der Waals surface area contributed by atoms with Gasteiger partial charge in [-0.05, 0) is 62.2 Å². The lowest BCUT2D eigenvalue weighted by Gasteiger charge is -2.43. The molecule has 0 amide bonds. The predicted molar refractivity (Wildman–Crippen MR) is 58.6 cm³/mol. The average Bonchev–Trinajstić information content (AvgIpc) is 3.06. The van der Waals surface area contributed by atoms with Crippen LogP contribution in [-0.4, -0.2) is 6.04 Å². The molecule has 2 N–H and O–H groups in total. The molecule has 0 aliphatic heterocycles. The summed E-state index contributed by atoms with van der Waals surface area (Å²) in [5.41, 5.74) is 7.06. The summed E-state index contributed by atoms with van der Waals surface area (Å²) in [7, 11) is 0.